The predicted octanol–water partition coefficient (Wildman–Crippen LogP) is 14.0. The number of rotatable bonds is 6. The first-order chi connectivity index (χ1) is 29.4. The van der Waals surface area contributed by atoms with E-state index in [9.17, 15) is 0 Å². The van der Waals surface area contributed by atoms with Crippen LogP contribution in [0.3, 0.4) is 0 Å². The fourth-order valence-corrected chi connectivity index (χ4v) is 8.80. The predicted molar refractivity (Wildman–Crippen MR) is 249 cm³/mol. The van der Waals surface area contributed by atoms with Crippen LogP contribution in [0.15, 0.2) is 194 Å². The Morgan fingerprint density at radius 2 is 0.783 bits per heavy atom. The van der Waals surface area contributed by atoms with E-state index in [0.29, 0.717) is 17.5 Å². The third-order valence-corrected chi connectivity index (χ3v) is 11.8. The lowest BCUT2D eigenvalue weighted by Crippen LogP contribution is -2.10. The standard InChI is InChI=1S/C55H41N5/c1-55(2,3)39-31-33-50-44(35-39)43-25-13-17-29-49(43)60(50)51-32-30-38(40-22-10-14-26-46(40)59-47-27-15-11-23-41(47)42-24-12-16-28-48(42)59)34-45(51)54-57-52(36-18-6-4-7-19-36)56-53(58-54)37-20-8-5-9-21-37/h4-35H,1-3H3. The lowest BCUT2D eigenvalue weighted by atomic mass is 9.86. The van der Waals surface area contributed by atoms with Gasteiger partial charge in [0.25, 0.3) is 0 Å². The zero-order valence-corrected chi connectivity index (χ0v) is 33.7. The van der Waals surface area contributed by atoms with Gasteiger partial charge in [0.05, 0.1) is 33.4 Å². The van der Waals surface area contributed by atoms with Crippen LogP contribution in [0.2, 0.25) is 0 Å². The smallest absolute Gasteiger partial charge is 0.166 e. The van der Waals surface area contributed by atoms with E-state index < -0.39 is 0 Å². The van der Waals surface area contributed by atoms with Gasteiger partial charge in [-0.1, -0.05) is 166 Å². The molecule has 0 saturated carbocycles. The second kappa shape index (κ2) is 14.0. The van der Waals surface area contributed by atoms with E-state index in [2.05, 4.69) is 188 Å². The van der Waals surface area contributed by atoms with E-state index in [0.717, 1.165) is 50.2 Å². The summed E-state index contributed by atoms with van der Waals surface area (Å²) in [7, 11) is 0. The molecule has 0 atom stereocenters. The summed E-state index contributed by atoms with van der Waals surface area (Å²) in [6.45, 7) is 6.82. The highest BCUT2D eigenvalue weighted by Crippen LogP contribution is 2.42. The summed E-state index contributed by atoms with van der Waals surface area (Å²) in [5.41, 5.74) is 12.9. The van der Waals surface area contributed by atoms with Crippen molar-refractivity contribution in [3.05, 3.63) is 200 Å². The van der Waals surface area contributed by atoms with Crippen molar-refractivity contribution < 1.29 is 0 Å². The summed E-state index contributed by atoms with van der Waals surface area (Å²) in [6, 6.07) is 68.9. The van der Waals surface area contributed by atoms with Gasteiger partial charge in [-0.05, 0) is 65.1 Å². The van der Waals surface area contributed by atoms with Crippen LogP contribution in [0.25, 0.3) is 100 Å². The molecule has 3 aromatic heterocycles. The fourth-order valence-electron chi connectivity index (χ4n) is 8.80. The second-order valence-corrected chi connectivity index (χ2v) is 16.5. The number of para-hydroxylation sites is 4. The molecule has 0 unspecified atom stereocenters. The monoisotopic (exact) mass is 771 g/mol. The first-order valence-electron chi connectivity index (χ1n) is 20.5. The van der Waals surface area contributed by atoms with Crippen molar-refractivity contribution in [2.45, 2.75) is 26.2 Å². The van der Waals surface area contributed by atoms with Gasteiger partial charge in [0, 0.05) is 43.8 Å². The molecule has 0 aliphatic carbocycles. The van der Waals surface area contributed by atoms with Crippen molar-refractivity contribution in [2.24, 2.45) is 0 Å². The second-order valence-electron chi connectivity index (χ2n) is 16.5. The number of aromatic nitrogens is 5. The summed E-state index contributed by atoms with van der Waals surface area (Å²) in [4.78, 5) is 15.7. The number of benzene rings is 8. The topological polar surface area (TPSA) is 48.5 Å². The summed E-state index contributed by atoms with van der Waals surface area (Å²) < 4.78 is 4.79. The molecule has 0 N–H and O–H groups in total. The van der Waals surface area contributed by atoms with E-state index in [1.54, 1.807) is 0 Å². The van der Waals surface area contributed by atoms with E-state index in [4.69, 9.17) is 15.0 Å². The van der Waals surface area contributed by atoms with Crippen LogP contribution in [0.4, 0.5) is 0 Å². The molecule has 5 heteroatoms. The molecule has 0 aliphatic heterocycles. The number of hydrogen-bond donors (Lipinski definition) is 0. The van der Waals surface area contributed by atoms with Crippen LogP contribution in [0.5, 0.6) is 0 Å². The summed E-state index contributed by atoms with van der Waals surface area (Å²) in [5.74, 6) is 1.85. The molecule has 286 valence electrons. The van der Waals surface area contributed by atoms with Crippen molar-refractivity contribution >= 4 is 43.6 Å². The van der Waals surface area contributed by atoms with Crippen molar-refractivity contribution in [1.29, 1.82) is 0 Å². The largest absolute Gasteiger partial charge is 0.309 e. The molecule has 11 rings (SSSR count). The molecule has 60 heavy (non-hydrogen) atoms. The van der Waals surface area contributed by atoms with E-state index in [-0.39, 0.29) is 5.41 Å². The average Bonchev–Trinajstić information content (AvgIpc) is 3.81. The van der Waals surface area contributed by atoms with Crippen molar-refractivity contribution in [3.63, 3.8) is 0 Å². The molecule has 3 heterocycles. The first kappa shape index (κ1) is 35.5. The molecule has 0 amide bonds. The number of nitrogens with zero attached hydrogens (tertiary/aromatic N) is 5. The summed E-state index contributed by atoms with van der Waals surface area (Å²) in [5, 5.41) is 4.88. The highest BCUT2D eigenvalue weighted by atomic mass is 15.1. The van der Waals surface area contributed by atoms with E-state index in [1.165, 1.54) is 38.1 Å². The van der Waals surface area contributed by atoms with Crippen LogP contribution in [0.1, 0.15) is 26.3 Å². The molecule has 0 saturated heterocycles. The first-order valence-corrected chi connectivity index (χ1v) is 20.5. The van der Waals surface area contributed by atoms with Crippen LogP contribution >= 0.6 is 0 Å². The van der Waals surface area contributed by atoms with Crippen LogP contribution in [0, 0.1) is 0 Å². The van der Waals surface area contributed by atoms with Crippen molar-refractivity contribution in [2.75, 3.05) is 0 Å². The molecule has 11 aromatic rings. The minimum atomic E-state index is 0.000515. The maximum Gasteiger partial charge on any atom is 0.166 e. The van der Waals surface area contributed by atoms with Crippen LogP contribution in [-0.2, 0) is 5.41 Å². The molecule has 0 fully saturated rings. The van der Waals surface area contributed by atoms with Gasteiger partial charge < -0.3 is 9.13 Å². The van der Waals surface area contributed by atoms with Gasteiger partial charge in [0.2, 0.25) is 0 Å². The van der Waals surface area contributed by atoms with E-state index in [1.807, 2.05) is 36.4 Å². The fraction of sp³-hybridized carbons (Fsp3) is 0.0727. The summed E-state index contributed by atoms with van der Waals surface area (Å²) >= 11 is 0. The van der Waals surface area contributed by atoms with E-state index >= 15 is 0 Å². The number of hydrogen-bond acceptors (Lipinski definition) is 3. The molecule has 5 nitrogen and oxygen atoms in total. The number of fused-ring (bicyclic) bond motifs is 6. The molecular formula is C55H41N5. The maximum absolute atomic E-state index is 5.32. The molecule has 8 aromatic carbocycles. The lowest BCUT2D eigenvalue weighted by Gasteiger charge is -2.20. The zero-order valence-electron chi connectivity index (χ0n) is 33.7. The van der Waals surface area contributed by atoms with Gasteiger partial charge in [0.15, 0.2) is 17.5 Å². The third kappa shape index (κ3) is 5.89. The lowest BCUT2D eigenvalue weighted by molar-refractivity contribution is 0.591. The van der Waals surface area contributed by atoms with Gasteiger partial charge >= 0.3 is 0 Å². The Morgan fingerprint density at radius 3 is 1.35 bits per heavy atom. The molecule has 0 radical (unpaired) electrons. The van der Waals surface area contributed by atoms with Gasteiger partial charge in [-0.15, -0.1) is 0 Å². The Hall–Kier alpha value is -7.63. The zero-order chi connectivity index (χ0) is 40.4. The maximum atomic E-state index is 5.32. The normalized spacial score (nSPS) is 11.9. The molecular weight excluding hydrogens is 731 g/mol. The Morgan fingerprint density at radius 1 is 0.333 bits per heavy atom. The van der Waals surface area contributed by atoms with Gasteiger partial charge in [-0.25, -0.2) is 15.0 Å². The SMILES string of the molecule is CC(C)(C)c1ccc2c(c1)c1ccccc1n2-c1ccc(-c2ccccc2-n2c3ccccc3c3ccccc32)cc1-c1nc(-c2ccccc2)nc(-c2ccccc2)n1. The molecule has 0 bridgehead atoms. The van der Waals surface area contributed by atoms with Crippen molar-refractivity contribution in [1.82, 2.24) is 24.1 Å². The highest BCUT2D eigenvalue weighted by Gasteiger charge is 2.23. The van der Waals surface area contributed by atoms with Gasteiger partial charge in [-0.3, -0.25) is 0 Å². The Labute approximate surface area is 348 Å². The van der Waals surface area contributed by atoms with Gasteiger partial charge in [0.1, 0.15) is 0 Å². The highest BCUT2D eigenvalue weighted by molar-refractivity contribution is 6.11. The Bertz CT molecular complexity index is 3290. The van der Waals surface area contributed by atoms with Crippen LogP contribution < -0.4 is 0 Å². The Kier molecular flexibility index (Phi) is 8.31. The van der Waals surface area contributed by atoms with Crippen LogP contribution in [-0.4, -0.2) is 24.1 Å². The molecule has 0 spiro atoms. The average molecular weight is 772 g/mol. The quantitative estimate of drug-likeness (QED) is 0.169. The third-order valence-electron chi connectivity index (χ3n) is 11.8. The minimum absolute atomic E-state index is 0.000515. The summed E-state index contributed by atoms with van der Waals surface area (Å²) in [6.07, 6.45) is 0. The minimum Gasteiger partial charge on any atom is -0.309 e. The van der Waals surface area contributed by atoms with Gasteiger partial charge in [-0.2, -0.15) is 0 Å². The Balaban J connectivity index is 1.22. The van der Waals surface area contributed by atoms with Crippen molar-refractivity contribution in [3.8, 4) is 56.7 Å². The molecule has 0 aliphatic rings.